The average molecular weight is 408 g/mol. The Morgan fingerprint density at radius 1 is 1.10 bits per heavy atom. The van der Waals surface area contributed by atoms with Gasteiger partial charge < -0.3 is 9.64 Å². The molecule has 2 aliphatic heterocycles. The molecule has 2 aromatic rings. The van der Waals surface area contributed by atoms with E-state index in [1.54, 1.807) is 12.7 Å². The van der Waals surface area contributed by atoms with Crippen molar-refractivity contribution in [3.8, 4) is 5.75 Å². The van der Waals surface area contributed by atoms with Gasteiger partial charge in [0.2, 0.25) is 0 Å². The van der Waals surface area contributed by atoms with E-state index >= 15 is 0 Å². The summed E-state index contributed by atoms with van der Waals surface area (Å²) in [5, 5.41) is 0. The van der Waals surface area contributed by atoms with Crippen molar-refractivity contribution in [2.24, 2.45) is 5.92 Å². The summed E-state index contributed by atoms with van der Waals surface area (Å²) >= 11 is 1.99. The first kappa shape index (κ1) is 20.6. The van der Waals surface area contributed by atoms with Crippen molar-refractivity contribution < 1.29 is 4.74 Å². The standard InChI is InChI=1S/C26H33NOS/c1-28-25-9-10-26-24(20-25)19-22(13-17-29-26)8-5-14-27-15-11-23(12-16-27)18-21-6-3-2-4-7-21/h2-4,6-10,20,23H,5,11-19H2,1H3. The van der Waals surface area contributed by atoms with Crippen molar-refractivity contribution in [2.75, 3.05) is 32.5 Å². The lowest BCUT2D eigenvalue weighted by Gasteiger charge is -2.31. The molecule has 0 atom stereocenters. The van der Waals surface area contributed by atoms with Crippen LogP contribution in [0.15, 0.2) is 65.1 Å². The lowest BCUT2D eigenvalue weighted by atomic mass is 9.90. The molecule has 154 valence electrons. The van der Waals surface area contributed by atoms with Gasteiger partial charge in [0.25, 0.3) is 0 Å². The van der Waals surface area contributed by atoms with E-state index in [1.807, 2.05) is 11.8 Å². The maximum Gasteiger partial charge on any atom is 0.119 e. The Morgan fingerprint density at radius 2 is 1.93 bits per heavy atom. The van der Waals surface area contributed by atoms with Gasteiger partial charge in [-0.3, -0.25) is 0 Å². The van der Waals surface area contributed by atoms with Gasteiger partial charge in [0.15, 0.2) is 0 Å². The highest BCUT2D eigenvalue weighted by Crippen LogP contribution is 2.33. The van der Waals surface area contributed by atoms with E-state index < -0.39 is 0 Å². The van der Waals surface area contributed by atoms with Crippen LogP contribution >= 0.6 is 11.8 Å². The summed E-state index contributed by atoms with van der Waals surface area (Å²) in [6, 6.07) is 17.5. The minimum atomic E-state index is 0.859. The summed E-state index contributed by atoms with van der Waals surface area (Å²) in [5.74, 6) is 3.03. The maximum absolute atomic E-state index is 5.43. The van der Waals surface area contributed by atoms with Crippen LogP contribution in [0.4, 0.5) is 0 Å². The Kier molecular flexibility index (Phi) is 7.34. The maximum atomic E-state index is 5.43. The number of nitrogens with zero attached hydrogens (tertiary/aromatic N) is 1. The van der Waals surface area contributed by atoms with Crippen LogP contribution in [0.25, 0.3) is 0 Å². The number of allylic oxidation sites excluding steroid dienone is 1. The fourth-order valence-electron chi connectivity index (χ4n) is 4.57. The van der Waals surface area contributed by atoms with E-state index in [1.165, 1.54) is 73.5 Å². The molecular weight excluding hydrogens is 374 g/mol. The quantitative estimate of drug-likeness (QED) is 0.545. The number of benzene rings is 2. The molecule has 0 saturated carbocycles. The molecule has 0 radical (unpaired) electrons. The number of piperidine rings is 1. The van der Waals surface area contributed by atoms with Crippen molar-refractivity contribution in [3.63, 3.8) is 0 Å². The molecule has 2 aromatic carbocycles. The number of likely N-dealkylation sites (tertiary alicyclic amines) is 1. The molecule has 3 heteroatoms. The molecule has 0 bridgehead atoms. The van der Waals surface area contributed by atoms with Gasteiger partial charge in [-0.15, -0.1) is 11.8 Å². The van der Waals surface area contributed by atoms with E-state index in [9.17, 15) is 0 Å². The van der Waals surface area contributed by atoms with Crippen LogP contribution in [-0.2, 0) is 12.8 Å². The van der Waals surface area contributed by atoms with Crippen LogP contribution in [0.1, 0.15) is 36.8 Å². The minimum Gasteiger partial charge on any atom is -0.497 e. The number of rotatable bonds is 6. The SMILES string of the molecule is COc1ccc2c(c1)CC(=CCCN1CCC(Cc3ccccc3)CC1)CCS2. The molecule has 4 rings (SSSR count). The molecule has 0 amide bonds. The summed E-state index contributed by atoms with van der Waals surface area (Å²) in [6.45, 7) is 3.73. The molecule has 0 aromatic heterocycles. The lowest BCUT2D eigenvalue weighted by molar-refractivity contribution is 0.187. The van der Waals surface area contributed by atoms with Crippen LogP contribution in [0.3, 0.4) is 0 Å². The second-order valence-electron chi connectivity index (χ2n) is 8.37. The molecule has 0 unspecified atom stereocenters. The third-order valence-corrected chi connectivity index (χ3v) is 7.44. The molecular formula is C26H33NOS. The first-order valence-corrected chi connectivity index (χ1v) is 12.0. The number of ether oxygens (including phenoxy) is 1. The molecule has 0 spiro atoms. The second kappa shape index (κ2) is 10.4. The van der Waals surface area contributed by atoms with Gasteiger partial charge in [0, 0.05) is 17.2 Å². The highest BCUT2D eigenvalue weighted by atomic mass is 32.2. The fraction of sp³-hybridized carbons (Fsp3) is 0.462. The normalized spacial score (nSPS) is 19.7. The van der Waals surface area contributed by atoms with Crippen LogP contribution in [-0.4, -0.2) is 37.4 Å². The van der Waals surface area contributed by atoms with Crippen LogP contribution in [0.2, 0.25) is 0 Å². The second-order valence-corrected chi connectivity index (χ2v) is 9.51. The van der Waals surface area contributed by atoms with Crippen LogP contribution in [0.5, 0.6) is 5.75 Å². The number of thioether (sulfide) groups is 1. The number of hydrogen-bond donors (Lipinski definition) is 0. The number of fused-ring (bicyclic) bond motifs is 1. The van der Waals surface area contributed by atoms with Gasteiger partial charge in [-0.1, -0.05) is 42.0 Å². The molecule has 2 aliphatic rings. The molecule has 0 N–H and O–H groups in total. The largest absolute Gasteiger partial charge is 0.497 e. The highest BCUT2D eigenvalue weighted by Gasteiger charge is 2.19. The highest BCUT2D eigenvalue weighted by molar-refractivity contribution is 7.99. The van der Waals surface area contributed by atoms with Gasteiger partial charge in [0.1, 0.15) is 5.75 Å². The van der Waals surface area contributed by atoms with E-state index in [-0.39, 0.29) is 0 Å². The Morgan fingerprint density at radius 3 is 2.72 bits per heavy atom. The topological polar surface area (TPSA) is 12.5 Å². The van der Waals surface area contributed by atoms with Gasteiger partial charge in [-0.2, -0.15) is 0 Å². The van der Waals surface area contributed by atoms with Crippen molar-refractivity contribution in [1.82, 2.24) is 4.90 Å². The zero-order valence-corrected chi connectivity index (χ0v) is 18.4. The molecule has 29 heavy (non-hydrogen) atoms. The molecule has 1 fully saturated rings. The summed E-state index contributed by atoms with van der Waals surface area (Å²) in [4.78, 5) is 4.09. The average Bonchev–Trinajstić information content (AvgIpc) is 2.97. The molecule has 2 heterocycles. The Balaban J connectivity index is 1.24. The zero-order chi connectivity index (χ0) is 19.9. The van der Waals surface area contributed by atoms with E-state index in [2.05, 4.69) is 59.5 Å². The lowest BCUT2D eigenvalue weighted by Crippen LogP contribution is -2.34. The summed E-state index contributed by atoms with van der Waals surface area (Å²) in [6.07, 6.45) is 9.93. The van der Waals surface area contributed by atoms with E-state index in [0.29, 0.717) is 0 Å². The van der Waals surface area contributed by atoms with Gasteiger partial charge in [-0.05, 0) is 86.9 Å². The monoisotopic (exact) mass is 407 g/mol. The number of hydrogen-bond acceptors (Lipinski definition) is 3. The van der Waals surface area contributed by atoms with Crippen molar-refractivity contribution in [3.05, 3.63) is 71.3 Å². The van der Waals surface area contributed by atoms with E-state index in [4.69, 9.17) is 4.74 Å². The first-order valence-electron chi connectivity index (χ1n) is 11.0. The van der Waals surface area contributed by atoms with Crippen molar-refractivity contribution in [1.29, 1.82) is 0 Å². The smallest absolute Gasteiger partial charge is 0.119 e. The minimum absolute atomic E-state index is 0.859. The molecule has 1 saturated heterocycles. The zero-order valence-electron chi connectivity index (χ0n) is 17.6. The summed E-state index contributed by atoms with van der Waals surface area (Å²) in [7, 11) is 1.76. The van der Waals surface area contributed by atoms with Crippen molar-refractivity contribution in [2.45, 2.75) is 43.4 Å². The van der Waals surface area contributed by atoms with Gasteiger partial charge in [-0.25, -0.2) is 0 Å². The Hall–Kier alpha value is -1.71. The molecule has 2 nitrogen and oxygen atoms in total. The Bertz CT molecular complexity index is 809. The number of methoxy groups -OCH3 is 1. The van der Waals surface area contributed by atoms with Crippen LogP contribution in [0, 0.1) is 5.92 Å². The Labute approximate surface area is 180 Å². The summed E-state index contributed by atoms with van der Waals surface area (Å²) < 4.78 is 5.43. The van der Waals surface area contributed by atoms with Gasteiger partial charge >= 0.3 is 0 Å². The third kappa shape index (κ3) is 5.90. The van der Waals surface area contributed by atoms with Crippen LogP contribution < -0.4 is 4.74 Å². The fourth-order valence-corrected chi connectivity index (χ4v) is 5.64. The predicted molar refractivity (Wildman–Crippen MR) is 124 cm³/mol. The summed E-state index contributed by atoms with van der Waals surface area (Å²) in [5.41, 5.74) is 4.53. The third-order valence-electron chi connectivity index (χ3n) is 6.32. The van der Waals surface area contributed by atoms with Gasteiger partial charge in [0.05, 0.1) is 7.11 Å². The first-order chi connectivity index (χ1) is 14.3. The molecule has 0 aliphatic carbocycles. The predicted octanol–water partition coefficient (Wildman–Crippen LogP) is 6.00. The van der Waals surface area contributed by atoms with E-state index in [0.717, 1.165) is 18.1 Å². The van der Waals surface area contributed by atoms with Crippen molar-refractivity contribution >= 4 is 11.8 Å².